The van der Waals surface area contributed by atoms with Crippen LogP contribution in [0.1, 0.15) is 25.3 Å². The van der Waals surface area contributed by atoms with E-state index in [2.05, 4.69) is 10.3 Å². The molecule has 0 aliphatic heterocycles. The zero-order valence-electron chi connectivity index (χ0n) is 13.6. The molecule has 7 nitrogen and oxygen atoms in total. The van der Waals surface area contributed by atoms with E-state index in [1.165, 1.54) is 6.07 Å². The first-order valence-corrected chi connectivity index (χ1v) is 8.25. The third-order valence-corrected chi connectivity index (χ3v) is 4.29. The second-order valence-corrected chi connectivity index (χ2v) is 6.39. The Labute approximate surface area is 149 Å². The van der Waals surface area contributed by atoms with Gasteiger partial charge in [-0.3, -0.25) is 14.9 Å². The Hall–Kier alpha value is -2.67. The first kappa shape index (κ1) is 17.2. The average molecular weight is 361 g/mol. The van der Waals surface area contributed by atoms with Gasteiger partial charge in [0.25, 0.3) is 5.69 Å². The Bertz CT molecular complexity index is 806. The standard InChI is InChI=1S/C17H17ClN4O3/c1-11(23)21(14-6-7-14)10-12-2-4-13(5-3-12)20-17-16(18)8-15(9-19-17)22(24)25/h2-5,8-9,14H,6-7,10H2,1H3,(H,19,20). The molecular weight excluding hydrogens is 344 g/mol. The molecule has 8 heteroatoms. The minimum absolute atomic E-state index is 0.0894. The van der Waals surface area contributed by atoms with Gasteiger partial charge in [0.15, 0.2) is 0 Å². The van der Waals surface area contributed by atoms with Gasteiger partial charge in [-0.1, -0.05) is 23.7 Å². The van der Waals surface area contributed by atoms with Crippen molar-refractivity contribution in [2.75, 3.05) is 5.32 Å². The SMILES string of the molecule is CC(=O)N(Cc1ccc(Nc2ncc([N+](=O)[O-])cc2Cl)cc1)C1CC1. The number of carbonyl (C=O) groups excluding carboxylic acids is 1. The highest BCUT2D eigenvalue weighted by Crippen LogP contribution is 2.29. The zero-order valence-corrected chi connectivity index (χ0v) is 14.4. The van der Waals surface area contributed by atoms with Crippen LogP contribution in [-0.2, 0) is 11.3 Å². The van der Waals surface area contributed by atoms with E-state index in [0.717, 1.165) is 30.3 Å². The molecule has 1 amide bonds. The van der Waals surface area contributed by atoms with E-state index in [4.69, 9.17) is 11.6 Å². The monoisotopic (exact) mass is 360 g/mol. The van der Waals surface area contributed by atoms with Crippen LogP contribution in [0, 0.1) is 10.1 Å². The van der Waals surface area contributed by atoms with E-state index in [0.29, 0.717) is 18.4 Å². The van der Waals surface area contributed by atoms with Crippen LogP contribution in [0.15, 0.2) is 36.5 Å². The van der Waals surface area contributed by atoms with Crippen molar-refractivity contribution in [3.63, 3.8) is 0 Å². The molecule has 0 saturated heterocycles. The molecule has 1 aliphatic carbocycles. The number of nitrogens with one attached hydrogen (secondary N) is 1. The summed E-state index contributed by atoms with van der Waals surface area (Å²) in [6.07, 6.45) is 3.30. The Morgan fingerprint density at radius 2 is 2.08 bits per heavy atom. The quantitative estimate of drug-likeness (QED) is 0.623. The Morgan fingerprint density at radius 3 is 2.60 bits per heavy atom. The lowest BCUT2D eigenvalue weighted by Gasteiger charge is -2.20. The number of rotatable bonds is 6. The van der Waals surface area contributed by atoms with Crippen LogP contribution in [0.3, 0.4) is 0 Å². The Morgan fingerprint density at radius 1 is 1.40 bits per heavy atom. The number of hydrogen-bond donors (Lipinski definition) is 1. The molecule has 1 fully saturated rings. The molecule has 2 aromatic rings. The normalized spacial score (nSPS) is 13.4. The maximum absolute atomic E-state index is 11.7. The molecule has 3 rings (SSSR count). The number of carbonyl (C=O) groups is 1. The second-order valence-electron chi connectivity index (χ2n) is 5.98. The summed E-state index contributed by atoms with van der Waals surface area (Å²) in [5.74, 6) is 0.440. The van der Waals surface area contributed by atoms with Crippen molar-refractivity contribution in [2.24, 2.45) is 0 Å². The smallest absolute Gasteiger partial charge is 0.289 e. The highest BCUT2D eigenvalue weighted by atomic mass is 35.5. The molecule has 0 atom stereocenters. The summed E-state index contributed by atoms with van der Waals surface area (Å²) in [7, 11) is 0. The summed E-state index contributed by atoms with van der Waals surface area (Å²) in [5, 5.41) is 13.9. The molecule has 0 spiro atoms. The van der Waals surface area contributed by atoms with Crippen LogP contribution in [-0.4, -0.2) is 26.8 Å². The molecule has 1 aromatic heterocycles. The van der Waals surface area contributed by atoms with Crippen molar-refractivity contribution in [2.45, 2.75) is 32.4 Å². The van der Waals surface area contributed by atoms with Gasteiger partial charge in [0, 0.05) is 31.3 Å². The van der Waals surface area contributed by atoms with Crippen molar-refractivity contribution in [1.82, 2.24) is 9.88 Å². The lowest BCUT2D eigenvalue weighted by molar-refractivity contribution is -0.385. The molecular formula is C17H17ClN4O3. The van der Waals surface area contributed by atoms with Gasteiger partial charge >= 0.3 is 0 Å². The number of nitrogens with zero attached hydrogens (tertiary/aromatic N) is 3. The van der Waals surface area contributed by atoms with Crippen LogP contribution in [0.2, 0.25) is 5.02 Å². The molecule has 1 aliphatic rings. The van der Waals surface area contributed by atoms with Crippen LogP contribution < -0.4 is 5.32 Å². The lowest BCUT2D eigenvalue weighted by atomic mass is 10.2. The first-order valence-electron chi connectivity index (χ1n) is 7.87. The van der Waals surface area contributed by atoms with Gasteiger partial charge in [0.1, 0.15) is 12.0 Å². The third kappa shape index (κ3) is 4.24. The Kier molecular flexibility index (Phi) is 4.85. The van der Waals surface area contributed by atoms with Gasteiger partial charge in [0.05, 0.1) is 9.95 Å². The number of aromatic nitrogens is 1. The molecule has 1 saturated carbocycles. The van der Waals surface area contributed by atoms with Crippen molar-refractivity contribution < 1.29 is 9.72 Å². The highest BCUT2D eigenvalue weighted by Gasteiger charge is 2.30. The van der Waals surface area contributed by atoms with E-state index in [9.17, 15) is 14.9 Å². The van der Waals surface area contributed by atoms with Crippen molar-refractivity contribution in [1.29, 1.82) is 0 Å². The topological polar surface area (TPSA) is 88.4 Å². The number of pyridine rings is 1. The summed E-state index contributed by atoms with van der Waals surface area (Å²) in [4.78, 5) is 27.7. The van der Waals surface area contributed by atoms with E-state index in [-0.39, 0.29) is 16.6 Å². The molecule has 1 N–H and O–H groups in total. The number of amides is 1. The molecule has 1 aromatic carbocycles. The van der Waals surface area contributed by atoms with Gasteiger partial charge in [-0.2, -0.15) is 0 Å². The fraction of sp³-hybridized carbons (Fsp3) is 0.294. The summed E-state index contributed by atoms with van der Waals surface area (Å²) in [5.41, 5.74) is 1.64. The first-order chi connectivity index (χ1) is 11.9. The summed E-state index contributed by atoms with van der Waals surface area (Å²) in [6.45, 7) is 2.19. The van der Waals surface area contributed by atoms with Gasteiger partial charge in [-0.25, -0.2) is 4.98 Å². The number of anilines is 2. The minimum Gasteiger partial charge on any atom is -0.339 e. The summed E-state index contributed by atoms with van der Waals surface area (Å²) < 4.78 is 0. The van der Waals surface area contributed by atoms with Crippen molar-refractivity contribution in [3.8, 4) is 0 Å². The number of hydrogen-bond acceptors (Lipinski definition) is 5. The van der Waals surface area contributed by atoms with Gasteiger partial charge in [-0.05, 0) is 30.5 Å². The van der Waals surface area contributed by atoms with E-state index >= 15 is 0 Å². The van der Waals surface area contributed by atoms with Gasteiger partial charge in [0.2, 0.25) is 5.91 Å². The van der Waals surface area contributed by atoms with Crippen LogP contribution in [0.5, 0.6) is 0 Å². The molecule has 0 bridgehead atoms. The molecule has 0 unspecified atom stereocenters. The summed E-state index contributed by atoms with van der Waals surface area (Å²) >= 11 is 6.03. The minimum atomic E-state index is -0.544. The molecule has 25 heavy (non-hydrogen) atoms. The van der Waals surface area contributed by atoms with E-state index in [1.807, 2.05) is 29.2 Å². The highest BCUT2D eigenvalue weighted by molar-refractivity contribution is 6.33. The molecule has 130 valence electrons. The predicted molar refractivity (Wildman–Crippen MR) is 94.9 cm³/mol. The average Bonchev–Trinajstić information content (AvgIpc) is 3.40. The summed E-state index contributed by atoms with van der Waals surface area (Å²) in [6, 6.07) is 9.21. The van der Waals surface area contributed by atoms with E-state index in [1.54, 1.807) is 6.92 Å². The fourth-order valence-electron chi connectivity index (χ4n) is 2.53. The van der Waals surface area contributed by atoms with Crippen molar-refractivity contribution >= 4 is 34.7 Å². The lowest BCUT2D eigenvalue weighted by Crippen LogP contribution is -2.30. The van der Waals surface area contributed by atoms with Gasteiger partial charge < -0.3 is 10.2 Å². The van der Waals surface area contributed by atoms with Crippen LogP contribution >= 0.6 is 11.6 Å². The maximum atomic E-state index is 11.7. The number of benzene rings is 1. The predicted octanol–water partition coefficient (Wildman–Crippen LogP) is 3.90. The maximum Gasteiger partial charge on any atom is 0.289 e. The van der Waals surface area contributed by atoms with Crippen molar-refractivity contribution in [3.05, 3.63) is 57.2 Å². The molecule has 0 radical (unpaired) electrons. The zero-order chi connectivity index (χ0) is 18.0. The van der Waals surface area contributed by atoms with Crippen LogP contribution in [0.25, 0.3) is 0 Å². The van der Waals surface area contributed by atoms with E-state index < -0.39 is 4.92 Å². The Balaban J connectivity index is 1.68. The third-order valence-electron chi connectivity index (χ3n) is 4.00. The van der Waals surface area contributed by atoms with Crippen LogP contribution in [0.4, 0.5) is 17.2 Å². The fourth-order valence-corrected chi connectivity index (χ4v) is 2.74. The molecule has 1 heterocycles. The number of nitro groups is 1. The van der Waals surface area contributed by atoms with Gasteiger partial charge in [-0.15, -0.1) is 0 Å². The second kappa shape index (κ2) is 7.06. The largest absolute Gasteiger partial charge is 0.339 e. The number of halogens is 1.